The van der Waals surface area contributed by atoms with Gasteiger partial charge in [-0.25, -0.2) is 12.8 Å². The van der Waals surface area contributed by atoms with Crippen LogP contribution in [-0.4, -0.2) is 24.4 Å². The molecule has 0 aliphatic heterocycles. The van der Waals surface area contributed by atoms with Crippen molar-refractivity contribution >= 4 is 38.2 Å². The van der Waals surface area contributed by atoms with E-state index in [1.165, 1.54) is 24.4 Å². The van der Waals surface area contributed by atoms with Crippen molar-refractivity contribution < 1.29 is 17.6 Å². The van der Waals surface area contributed by atoms with Gasteiger partial charge in [-0.3, -0.25) is 4.79 Å². The predicted molar refractivity (Wildman–Crippen MR) is 112 cm³/mol. The molecule has 0 saturated carbocycles. The maximum atomic E-state index is 14.1. The number of carbonyl (C=O) groups is 1. The zero-order chi connectivity index (χ0) is 21.4. The molecule has 0 bridgehead atoms. The molecule has 0 unspecified atom stereocenters. The lowest BCUT2D eigenvalue weighted by molar-refractivity contribution is -0.123. The summed E-state index contributed by atoms with van der Waals surface area (Å²) in [7, 11) is -3.91. The average molecular weight is 437 g/mol. The molecule has 5 nitrogen and oxygen atoms in total. The number of carbonyl (C=O) groups excluding carboxylic acids is 1. The predicted octanol–water partition coefficient (Wildman–Crippen LogP) is 4.32. The number of amides is 1. The van der Waals surface area contributed by atoms with Crippen LogP contribution in [0.25, 0.3) is 10.9 Å². The quantitative estimate of drug-likeness (QED) is 0.647. The number of halogens is 2. The molecule has 0 atom stereocenters. The number of sulfone groups is 1. The molecule has 1 amide bonds. The highest BCUT2D eigenvalue weighted by Gasteiger charge is 2.25. The summed E-state index contributed by atoms with van der Waals surface area (Å²) in [6, 6.07) is 11.0. The largest absolute Gasteiger partial charge is 0.350 e. The van der Waals surface area contributed by atoms with Crippen LogP contribution in [-0.2, 0) is 26.9 Å². The Labute approximate surface area is 174 Å². The van der Waals surface area contributed by atoms with Crippen molar-refractivity contribution in [3.05, 3.63) is 65.1 Å². The molecule has 0 aliphatic carbocycles. The van der Waals surface area contributed by atoms with E-state index < -0.39 is 26.9 Å². The average Bonchev–Trinajstić information content (AvgIpc) is 2.96. The van der Waals surface area contributed by atoms with E-state index in [0.717, 1.165) is 0 Å². The summed E-state index contributed by atoms with van der Waals surface area (Å²) < 4.78 is 41.9. The van der Waals surface area contributed by atoms with Gasteiger partial charge < -0.3 is 9.88 Å². The van der Waals surface area contributed by atoms with E-state index in [4.69, 9.17) is 11.6 Å². The Morgan fingerprint density at radius 3 is 2.48 bits per heavy atom. The fourth-order valence-corrected chi connectivity index (χ4v) is 5.08. The van der Waals surface area contributed by atoms with Gasteiger partial charge in [-0.1, -0.05) is 35.9 Å². The molecule has 0 fully saturated rings. The van der Waals surface area contributed by atoms with Gasteiger partial charge in [0.1, 0.15) is 12.4 Å². The van der Waals surface area contributed by atoms with Crippen LogP contribution in [0, 0.1) is 5.82 Å². The Balaban J connectivity index is 2.03. The molecule has 0 radical (unpaired) electrons. The number of hydrogen-bond acceptors (Lipinski definition) is 3. The van der Waals surface area contributed by atoms with Crippen molar-refractivity contribution in [2.24, 2.45) is 0 Å². The van der Waals surface area contributed by atoms with Crippen molar-refractivity contribution in [3.8, 4) is 0 Å². The van der Waals surface area contributed by atoms with E-state index in [1.54, 1.807) is 28.8 Å². The molecule has 29 heavy (non-hydrogen) atoms. The van der Waals surface area contributed by atoms with Crippen LogP contribution < -0.4 is 5.32 Å². The Hall–Kier alpha value is -2.38. The molecule has 0 aliphatic rings. The summed E-state index contributed by atoms with van der Waals surface area (Å²) in [5.74, 6) is -1.48. The van der Waals surface area contributed by atoms with Crippen molar-refractivity contribution in [1.29, 1.82) is 0 Å². The third kappa shape index (κ3) is 4.79. The number of benzene rings is 2. The summed E-state index contributed by atoms with van der Waals surface area (Å²) in [6.07, 6.45) is 1.43. The van der Waals surface area contributed by atoms with Gasteiger partial charge in [0.15, 0.2) is 9.84 Å². The van der Waals surface area contributed by atoms with E-state index >= 15 is 0 Å². The minimum atomic E-state index is -3.91. The van der Waals surface area contributed by atoms with Crippen LogP contribution in [0.5, 0.6) is 0 Å². The highest BCUT2D eigenvalue weighted by Crippen LogP contribution is 2.30. The van der Waals surface area contributed by atoms with Crippen molar-refractivity contribution in [2.75, 3.05) is 0 Å². The van der Waals surface area contributed by atoms with Gasteiger partial charge in [0.25, 0.3) is 0 Å². The Bertz CT molecular complexity index is 1160. The summed E-state index contributed by atoms with van der Waals surface area (Å²) in [5, 5.41) is 3.39. The second-order valence-electron chi connectivity index (χ2n) is 7.90. The number of para-hydroxylation sites is 1. The van der Waals surface area contributed by atoms with Crippen molar-refractivity contribution in [2.45, 2.75) is 43.5 Å². The van der Waals surface area contributed by atoms with Gasteiger partial charge >= 0.3 is 0 Å². The topological polar surface area (TPSA) is 68.2 Å². The van der Waals surface area contributed by atoms with Gasteiger partial charge in [0.2, 0.25) is 5.91 Å². The number of nitrogens with zero attached hydrogens (tertiary/aromatic N) is 1. The van der Waals surface area contributed by atoms with E-state index in [2.05, 4.69) is 5.32 Å². The lowest BCUT2D eigenvalue weighted by Gasteiger charge is -2.20. The highest BCUT2D eigenvalue weighted by molar-refractivity contribution is 7.90. The molecule has 0 spiro atoms. The molecule has 2 aromatic carbocycles. The summed E-state index contributed by atoms with van der Waals surface area (Å²) in [4.78, 5) is 12.4. The van der Waals surface area contributed by atoms with Crippen LogP contribution in [0.1, 0.15) is 26.3 Å². The van der Waals surface area contributed by atoms with Gasteiger partial charge in [-0.15, -0.1) is 0 Å². The summed E-state index contributed by atoms with van der Waals surface area (Å²) >= 11 is 6.01. The highest BCUT2D eigenvalue weighted by atomic mass is 35.5. The molecule has 1 heterocycles. The monoisotopic (exact) mass is 436 g/mol. The molecule has 1 N–H and O–H groups in total. The Morgan fingerprint density at radius 1 is 1.14 bits per heavy atom. The smallest absolute Gasteiger partial charge is 0.240 e. The first-order chi connectivity index (χ1) is 13.5. The lowest BCUT2D eigenvalue weighted by Crippen LogP contribution is -2.42. The number of rotatable bonds is 5. The molecular weight excluding hydrogens is 415 g/mol. The molecule has 3 aromatic rings. The first-order valence-electron chi connectivity index (χ1n) is 9.02. The fraction of sp³-hybridized carbons (Fsp3) is 0.286. The first kappa shape index (κ1) is 21.3. The maximum Gasteiger partial charge on any atom is 0.240 e. The number of aromatic nitrogens is 1. The van der Waals surface area contributed by atoms with Crippen LogP contribution in [0.3, 0.4) is 0 Å². The summed E-state index contributed by atoms with van der Waals surface area (Å²) in [5.41, 5.74) is 0.127. The van der Waals surface area contributed by atoms with E-state index in [0.29, 0.717) is 10.9 Å². The molecule has 1 aromatic heterocycles. The normalized spacial score (nSPS) is 12.3. The second-order valence-corrected chi connectivity index (χ2v) is 10.3. The molecular formula is C21H22ClFN2O3S. The Kier molecular flexibility index (Phi) is 5.74. The minimum Gasteiger partial charge on any atom is -0.350 e. The van der Waals surface area contributed by atoms with E-state index in [1.807, 2.05) is 20.8 Å². The first-order valence-corrected chi connectivity index (χ1v) is 11.1. The third-order valence-electron chi connectivity index (χ3n) is 4.31. The van der Waals surface area contributed by atoms with Gasteiger partial charge in [-0.2, -0.15) is 0 Å². The Morgan fingerprint density at radius 2 is 1.83 bits per heavy atom. The maximum absolute atomic E-state index is 14.1. The van der Waals surface area contributed by atoms with Gasteiger partial charge in [0.05, 0.1) is 10.6 Å². The van der Waals surface area contributed by atoms with Crippen molar-refractivity contribution in [1.82, 2.24) is 9.88 Å². The SMILES string of the molecule is CC(C)(C)NC(=O)Cn1cc(S(=O)(=O)Cc2c(F)cccc2Cl)c2ccccc21. The zero-order valence-electron chi connectivity index (χ0n) is 16.4. The minimum absolute atomic E-state index is 0.0340. The molecule has 8 heteroatoms. The van der Waals surface area contributed by atoms with Crippen LogP contribution in [0.15, 0.2) is 53.6 Å². The van der Waals surface area contributed by atoms with Crippen LogP contribution >= 0.6 is 11.6 Å². The third-order valence-corrected chi connectivity index (χ3v) is 6.33. The van der Waals surface area contributed by atoms with Gasteiger partial charge in [-0.05, 0) is 39.0 Å². The number of fused-ring (bicyclic) bond motifs is 1. The molecule has 3 rings (SSSR count). The fourth-order valence-electron chi connectivity index (χ4n) is 3.14. The second kappa shape index (κ2) is 7.80. The zero-order valence-corrected chi connectivity index (χ0v) is 17.9. The van der Waals surface area contributed by atoms with Crippen LogP contribution in [0.2, 0.25) is 5.02 Å². The molecule has 0 saturated heterocycles. The standard InChI is InChI=1S/C21H22ClFN2O3S/c1-21(2,3)24-20(26)12-25-11-19(14-7-4-5-10-18(14)25)29(27,28)13-15-16(22)8-6-9-17(15)23/h4-11H,12-13H2,1-3H3,(H,24,26). The van der Waals surface area contributed by atoms with E-state index in [-0.39, 0.29) is 27.9 Å². The van der Waals surface area contributed by atoms with Gasteiger partial charge in [0, 0.05) is 33.2 Å². The lowest BCUT2D eigenvalue weighted by atomic mass is 10.1. The number of nitrogens with one attached hydrogen (secondary N) is 1. The van der Waals surface area contributed by atoms with Crippen molar-refractivity contribution in [3.63, 3.8) is 0 Å². The van der Waals surface area contributed by atoms with E-state index in [9.17, 15) is 17.6 Å². The molecule has 154 valence electrons. The number of hydrogen-bond donors (Lipinski definition) is 1. The summed E-state index contributed by atoms with van der Waals surface area (Å²) in [6.45, 7) is 5.57. The van der Waals surface area contributed by atoms with Crippen LogP contribution in [0.4, 0.5) is 4.39 Å².